The van der Waals surface area contributed by atoms with Crippen molar-refractivity contribution in [1.82, 2.24) is 0 Å². The third kappa shape index (κ3) is 2.05. The normalized spacial score (nSPS) is 18.8. The fraction of sp³-hybridized carbons (Fsp3) is 0.333. The smallest absolute Gasteiger partial charge is 0.303 e. The summed E-state index contributed by atoms with van der Waals surface area (Å²) in [5.41, 5.74) is 1.52. The summed E-state index contributed by atoms with van der Waals surface area (Å²) in [7, 11) is 0. The predicted octanol–water partition coefficient (Wildman–Crippen LogP) is 1.78. The summed E-state index contributed by atoms with van der Waals surface area (Å²) in [6.45, 7) is 0.531. The Kier molecular flexibility index (Phi) is 2.90. The second kappa shape index (κ2) is 4.35. The molecule has 0 aliphatic carbocycles. The van der Waals surface area contributed by atoms with Crippen LogP contribution in [0.1, 0.15) is 23.2 Å². The van der Waals surface area contributed by atoms with E-state index in [9.17, 15) is 9.59 Å². The van der Waals surface area contributed by atoms with Gasteiger partial charge in [0, 0.05) is 30.1 Å². The highest BCUT2D eigenvalue weighted by molar-refractivity contribution is 6.04. The molecular weight excluding hydrogens is 206 g/mol. The number of fused-ring (bicyclic) bond motifs is 1. The van der Waals surface area contributed by atoms with Crippen molar-refractivity contribution in [3.8, 4) is 0 Å². The van der Waals surface area contributed by atoms with Crippen LogP contribution in [-0.4, -0.2) is 23.4 Å². The van der Waals surface area contributed by atoms with E-state index in [1.54, 1.807) is 6.07 Å². The SMILES string of the molecule is O=C(O)CCC1CNc2ccccc2C1=O. The predicted molar refractivity (Wildman–Crippen MR) is 59.6 cm³/mol. The van der Waals surface area contributed by atoms with Gasteiger partial charge in [-0.25, -0.2) is 0 Å². The first-order valence-corrected chi connectivity index (χ1v) is 5.27. The standard InChI is InChI=1S/C12H13NO3/c14-11(15)6-5-8-7-13-10-4-2-1-3-9(10)12(8)16/h1-4,8,13H,5-7H2,(H,14,15). The minimum Gasteiger partial charge on any atom is -0.481 e. The molecule has 1 unspecified atom stereocenters. The van der Waals surface area contributed by atoms with Crippen LogP contribution < -0.4 is 5.32 Å². The van der Waals surface area contributed by atoms with Gasteiger partial charge in [0.25, 0.3) is 0 Å². The van der Waals surface area contributed by atoms with E-state index in [1.807, 2.05) is 18.2 Å². The van der Waals surface area contributed by atoms with Crippen molar-refractivity contribution in [2.45, 2.75) is 12.8 Å². The van der Waals surface area contributed by atoms with E-state index in [0.29, 0.717) is 18.5 Å². The molecule has 1 heterocycles. The highest BCUT2D eigenvalue weighted by atomic mass is 16.4. The van der Waals surface area contributed by atoms with Gasteiger partial charge < -0.3 is 10.4 Å². The number of carboxylic acids is 1. The first kappa shape index (κ1) is 10.7. The van der Waals surface area contributed by atoms with E-state index in [4.69, 9.17) is 5.11 Å². The van der Waals surface area contributed by atoms with Crippen LogP contribution in [0, 0.1) is 5.92 Å². The summed E-state index contributed by atoms with van der Waals surface area (Å²) in [6, 6.07) is 7.33. The molecule has 0 radical (unpaired) electrons. The molecule has 0 spiro atoms. The molecule has 4 heteroatoms. The second-order valence-electron chi connectivity index (χ2n) is 3.92. The van der Waals surface area contributed by atoms with Crippen LogP contribution in [0.15, 0.2) is 24.3 Å². The number of para-hydroxylation sites is 1. The molecule has 1 aromatic rings. The lowest BCUT2D eigenvalue weighted by Gasteiger charge is -2.24. The van der Waals surface area contributed by atoms with E-state index in [2.05, 4.69) is 5.32 Å². The molecule has 0 saturated carbocycles. The number of nitrogens with one attached hydrogen (secondary N) is 1. The van der Waals surface area contributed by atoms with Crippen molar-refractivity contribution in [3.63, 3.8) is 0 Å². The van der Waals surface area contributed by atoms with E-state index < -0.39 is 5.97 Å². The van der Waals surface area contributed by atoms with Crippen LogP contribution in [0.5, 0.6) is 0 Å². The zero-order valence-electron chi connectivity index (χ0n) is 8.77. The van der Waals surface area contributed by atoms with E-state index >= 15 is 0 Å². The number of hydrogen-bond acceptors (Lipinski definition) is 3. The van der Waals surface area contributed by atoms with Crippen LogP contribution in [0.2, 0.25) is 0 Å². The van der Waals surface area contributed by atoms with Gasteiger partial charge in [-0.05, 0) is 18.6 Å². The molecule has 16 heavy (non-hydrogen) atoms. The summed E-state index contributed by atoms with van der Waals surface area (Å²) >= 11 is 0. The zero-order chi connectivity index (χ0) is 11.5. The molecule has 1 aliphatic rings. The maximum absolute atomic E-state index is 12.0. The van der Waals surface area contributed by atoms with Gasteiger partial charge >= 0.3 is 5.97 Å². The number of hydrogen-bond donors (Lipinski definition) is 2. The Morgan fingerprint density at radius 3 is 2.94 bits per heavy atom. The van der Waals surface area contributed by atoms with Gasteiger partial charge in [-0.2, -0.15) is 0 Å². The zero-order valence-corrected chi connectivity index (χ0v) is 8.77. The van der Waals surface area contributed by atoms with Gasteiger partial charge in [0.1, 0.15) is 0 Å². The van der Waals surface area contributed by atoms with Gasteiger partial charge in [0.05, 0.1) is 0 Å². The van der Waals surface area contributed by atoms with Gasteiger partial charge in [0.15, 0.2) is 5.78 Å². The molecule has 4 nitrogen and oxygen atoms in total. The molecule has 0 fully saturated rings. The molecule has 0 aromatic heterocycles. The van der Waals surface area contributed by atoms with Crippen LogP contribution in [0.3, 0.4) is 0 Å². The van der Waals surface area contributed by atoms with Crippen molar-refractivity contribution in [2.24, 2.45) is 5.92 Å². The fourth-order valence-electron chi connectivity index (χ4n) is 1.93. The quantitative estimate of drug-likeness (QED) is 0.813. The molecule has 84 valence electrons. The third-order valence-electron chi connectivity index (χ3n) is 2.81. The van der Waals surface area contributed by atoms with Crippen molar-refractivity contribution >= 4 is 17.4 Å². The summed E-state index contributed by atoms with van der Waals surface area (Å²) in [5, 5.41) is 11.7. The first-order chi connectivity index (χ1) is 7.68. The van der Waals surface area contributed by atoms with Crippen LogP contribution in [0.25, 0.3) is 0 Å². The minimum absolute atomic E-state index is 0.0419. The molecule has 2 N–H and O–H groups in total. The maximum atomic E-state index is 12.0. The maximum Gasteiger partial charge on any atom is 0.303 e. The summed E-state index contributed by atoms with van der Waals surface area (Å²) in [6.07, 6.45) is 0.440. The van der Waals surface area contributed by atoms with E-state index in [-0.39, 0.29) is 18.1 Å². The molecule has 2 rings (SSSR count). The molecule has 1 aliphatic heterocycles. The van der Waals surface area contributed by atoms with Crippen molar-refractivity contribution in [2.75, 3.05) is 11.9 Å². The molecular formula is C12H13NO3. The number of Topliss-reactive ketones (excluding diaryl/α,β-unsaturated/α-hetero) is 1. The largest absolute Gasteiger partial charge is 0.481 e. The van der Waals surface area contributed by atoms with Gasteiger partial charge in [-0.3, -0.25) is 9.59 Å². The number of anilines is 1. The average molecular weight is 219 g/mol. The second-order valence-corrected chi connectivity index (χ2v) is 3.92. The number of carbonyl (C=O) groups excluding carboxylic acids is 1. The minimum atomic E-state index is -0.855. The number of carbonyl (C=O) groups is 2. The number of ketones is 1. The molecule has 0 saturated heterocycles. The lowest BCUT2D eigenvalue weighted by atomic mass is 9.89. The number of carboxylic acid groups (broad SMARTS) is 1. The molecule has 1 aromatic carbocycles. The molecule has 0 amide bonds. The number of aliphatic carboxylic acids is 1. The lowest BCUT2D eigenvalue weighted by molar-refractivity contribution is -0.137. The van der Waals surface area contributed by atoms with Gasteiger partial charge in [0.2, 0.25) is 0 Å². The average Bonchev–Trinajstić information content (AvgIpc) is 2.28. The Hall–Kier alpha value is -1.84. The van der Waals surface area contributed by atoms with Crippen molar-refractivity contribution < 1.29 is 14.7 Å². The molecule has 0 bridgehead atoms. The Labute approximate surface area is 93.3 Å². The number of benzene rings is 1. The van der Waals surface area contributed by atoms with E-state index in [0.717, 1.165) is 5.69 Å². The van der Waals surface area contributed by atoms with Crippen LogP contribution in [-0.2, 0) is 4.79 Å². The topological polar surface area (TPSA) is 66.4 Å². The Bertz CT molecular complexity index is 428. The van der Waals surface area contributed by atoms with Gasteiger partial charge in [-0.1, -0.05) is 12.1 Å². The highest BCUT2D eigenvalue weighted by Crippen LogP contribution is 2.26. The van der Waals surface area contributed by atoms with Crippen molar-refractivity contribution in [3.05, 3.63) is 29.8 Å². The van der Waals surface area contributed by atoms with Crippen molar-refractivity contribution in [1.29, 1.82) is 0 Å². The Morgan fingerprint density at radius 1 is 1.44 bits per heavy atom. The lowest BCUT2D eigenvalue weighted by Crippen LogP contribution is -2.30. The highest BCUT2D eigenvalue weighted by Gasteiger charge is 2.26. The Morgan fingerprint density at radius 2 is 2.19 bits per heavy atom. The third-order valence-corrected chi connectivity index (χ3v) is 2.81. The van der Waals surface area contributed by atoms with Crippen LogP contribution in [0.4, 0.5) is 5.69 Å². The summed E-state index contributed by atoms with van der Waals surface area (Å²) in [5.74, 6) is -1.02. The van der Waals surface area contributed by atoms with Gasteiger partial charge in [-0.15, -0.1) is 0 Å². The fourth-order valence-corrected chi connectivity index (χ4v) is 1.93. The molecule has 1 atom stereocenters. The van der Waals surface area contributed by atoms with E-state index in [1.165, 1.54) is 0 Å². The summed E-state index contributed by atoms with van der Waals surface area (Å²) < 4.78 is 0. The monoisotopic (exact) mass is 219 g/mol. The van der Waals surface area contributed by atoms with Crippen LogP contribution >= 0.6 is 0 Å². The number of rotatable bonds is 3. The summed E-state index contributed by atoms with van der Waals surface area (Å²) in [4.78, 5) is 22.5. The first-order valence-electron chi connectivity index (χ1n) is 5.27. The Balaban J connectivity index is 2.12.